The van der Waals surface area contributed by atoms with E-state index in [9.17, 15) is 5.11 Å². The van der Waals surface area contributed by atoms with Crippen molar-refractivity contribution in [3.05, 3.63) is 30.5 Å². The van der Waals surface area contributed by atoms with Crippen LogP contribution in [0.15, 0.2) is 30.5 Å². The number of benzene rings is 1. The van der Waals surface area contributed by atoms with Gasteiger partial charge in [0.25, 0.3) is 0 Å². The molecule has 0 spiro atoms. The van der Waals surface area contributed by atoms with Crippen molar-refractivity contribution < 1.29 is 9.84 Å². The van der Waals surface area contributed by atoms with Crippen LogP contribution in [0.5, 0.6) is 5.75 Å². The molecule has 0 aliphatic heterocycles. The first kappa shape index (κ1) is 12.6. The van der Waals surface area contributed by atoms with Gasteiger partial charge in [0.05, 0.1) is 6.61 Å². The van der Waals surface area contributed by atoms with Crippen LogP contribution in [0, 0.1) is 5.92 Å². The third-order valence-electron chi connectivity index (χ3n) is 2.82. The Kier molecular flexibility index (Phi) is 3.99. The van der Waals surface area contributed by atoms with E-state index in [1.807, 2.05) is 12.1 Å². The van der Waals surface area contributed by atoms with Crippen molar-refractivity contribution in [2.45, 2.75) is 6.92 Å². The Labute approximate surface area is 107 Å². The summed E-state index contributed by atoms with van der Waals surface area (Å²) in [4.78, 5) is 4.32. The SMILES string of the molecule is COCC(C)CNc1nccc2ccc(O)cc12. The summed E-state index contributed by atoms with van der Waals surface area (Å²) < 4.78 is 5.10. The van der Waals surface area contributed by atoms with Crippen LogP contribution in [0.2, 0.25) is 0 Å². The van der Waals surface area contributed by atoms with Crippen LogP contribution >= 0.6 is 0 Å². The maximum atomic E-state index is 9.54. The van der Waals surface area contributed by atoms with E-state index in [0.717, 1.165) is 23.1 Å². The van der Waals surface area contributed by atoms with E-state index in [1.165, 1.54) is 0 Å². The lowest BCUT2D eigenvalue weighted by Crippen LogP contribution is -2.16. The molecule has 1 heterocycles. The lowest BCUT2D eigenvalue weighted by Gasteiger charge is -2.13. The Bertz CT molecular complexity index is 528. The van der Waals surface area contributed by atoms with Crippen LogP contribution in [-0.2, 0) is 4.74 Å². The molecular weight excluding hydrogens is 228 g/mol. The monoisotopic (exact) mass is 246 g/mol. The molecule has 0 aliphatic rings. The molecule has 2 aromatic rings. The number of fused-ring (bicyclic) bond motifs is 1. The number of hydrogen-bond acceptors (Lipinski definition) is 4. The quantitative estimate of drug-likeness (QED) is 0.851. The highest BCUT2D eigenvalue weighted by molar-refractivity contribution is 5.92. The van der Waals surface area contributed by atoms with E-state index in [4.69, 9.17) is 4.74 Å². The molecule has 0 fully saturated rings. The van der Waals surface area contributed by atoms with Crippen LogP contribution in [-0.4, -0.2) is 30.4 Å². The minimum Gasteiger partial charge on any atom is -0.508 e. The number of rotatable bonds is 5. The number of aromatic nitrogens is 1. The van der Waals surface area contributed by atoms with E-state index in [2.05, 4.69) is 17.2 Å². The maximum Gasteiger partial charge on any atom is 0.133 e. The van der Waals surface area contributed by atoms with E-state index in [-0.39, 0.29) is 5.75 Å². The topological polar surface area (TPSA) is 54.4 Å². The van der Waals surface area contributed by atoms with Gasteiger partial charge in [-0.1, -0.05) is 13.0 Å². The Morgan fingerprint density at radius 3 is 3.00 bits per heavy atom. The Morgan fingerprint density at radius 1 is 1.39 bits per heavy atom. The van der Waals surface area contributed by atoms with Gasteiger partial charge < -0.3 is 15.2 Å². The highest BCUT2D eigenvalue weighted by Gasteiger charge is 2.05. The van der Waals surface area contributed by atoms with Gasteiger partial charge >= 0.3 is 0 Å². The molecule has 1 aromatic carbocycles. The summed E-state index contributed by atoms with van der Waals surface area (Å²) in [6.45, 7) is 3.61. The fourth-order valence-electron chi connectivity index (χ4n) is 1.91. The Morgan fingerprint density at radius 2 is 2.22 bits per heavy atom. The minimum absolute atomic E-state index is 0.253. The summed E-state index contributed by atoms with van der Waals surface area (Å²) in [5.74, 6) is 1.46. The smallest absolute Gasteiger partial charge is 0.133 e. The van der Waals surface area contributed by atoms with Gasteiger partial charge in [-0.2, -0.15) is 0 Å². The number of ether oxygens (including phenoxy) is 1. The molecule has 0 amide bonds. The van der Waals surface area contributed by atoms with Gasteiger partial charge in [-0.25, -0.2) is 4.98 Å². The molecule has 96 valence electrons. The summed E-state index contributed by atoms with van der Waals surface area (Å²) in [6, 6.07) is 7.22. The first-order chi connectivity index (χ1) is 8.70. The van der Waals surface area contributed by atoms with Crippen molar-refractivity contribution in [3.8, 4) is 5.75 Å². The second kappa shape index (κ2) is 5.69. The largest absolute Gasteiger partial charge is 0.508 e. The average Bonchev–Trinajstić information content (AvgIpc) is 2.36. The molecular formula is C14H18N2O2. The van der Waals surface area contributed by atoms with Crippen LogP contribution in [0.25, 0.3) is 10.8 Å². The van der Waals surface area contributed by atoms with Crippen LogP contribution in [0.3, 0.4) is 0 Å². The number of hydrogen-bond donors (Lipinski definition) is 2. The second-order valence-electron chi connectivity index (χ2n) is 4.51. The van der Waals surface area contributed by atoms with E-state index in [1.54, 1.807) is 25.4 Å². The van der Waals surface area contributed by atoms with Crippen LogP contribution in [0.4, 0.5) is 5.82 Å². The molecule has 1 unspecified atom stereocenters. The zero-order chi connectivity index (χ0) is 13.0. The van der Waals surface area contributed by atoms with E-state index in [0.29, 0.717) is 12.5 Å². The van der Waals surface area contributed by atoms with Gasteiger partial charge in [0, 0.05) is 25.2 Å². The molecule has 4 heteroatoms. The highest BCUT2D eigenvalue weighted by atomic mass is 16.5. The van der Waals surface area contributed by atoms with Gasteiger partial charge in [-0.05, 0) is 29.5 Å². The fraction of sp³-hybridized carbons (Fsp3) is 0.357. The molecule has 2 N–H and O–H groups in total. The molecule has 4 nitrogen and oxygen atoms in total. The average molecular weight is 246 g/mol. The summed E-state index contributed by atoms with van der Waals surface area (Å²) in [5.41, 5.74) is 0. The molecule has 0 saturated carbocycles. The standard InChI is InChI=1S/C14H18N2O2/c1-10(9-18-2)8-16-14-13-7-12(17)4-3-11(13)5-6-15-14/h3-7,10,17H,8-9H2,1-2H3,(H,15,16). The molecule has 0 saturated heterocycles. The number of methoxy groups -OCH3 is 1. The second-order valence-corrected chi connectivity index (χ2v) is 4.51. The van der Waals surface area contributed by atoms with Crippen molar-refractivity contribution in [1.29, 1.82) is 0 Å². The van der Waals surface area contributed by atoms with Crippen molar-refractivity contribution in [3.63, 3.8) is 0 Å². The first-order valence-electron chi connectivity index (χ1n) is 6.01. The van der Waals surface area contributed by atoms with Gasteiger partial charge in [0.1, 0.15) is 11.6 Å². The summed E-state index contributed by atoms with van der Waals surface area (Å²) in [7, 11) is 1.70. The van der Waals surface area contributed by atoms with E-state index < -0.39 is 0 Å². The zero-order valence-corrected chi connectivity index (χ0v) is 10.7. The molecule has 0 aliphatic carbocycles. The van der Waals surface area contributed by atoms with Gasteiger partial charge in [-0.15, -0.1) is 0 Å². The molecule has 1 atom stereocenters. The predicted octanol–water partition coefficient (Wildman–Crippen LogP) is 2.63. The molecule has 0 radical (unpaired) electrons. The van der Waals surface area contributed by atoms with Crippen LogP contribution < -0.4 is 5.32 Å². The lowest BCUT2D eigenvalue weighted by molar-refractivity contribution is 0.164. The maximum absolute atomic E-state index is 9.54. The Balaban J connectivity index is 2.19. The summed E-state index contributed by atoms with van der Waals surface area (Å²) >= 11 is 0. The lowest BCUT2D eigenvalue weighted by atomic mass is 10.1. The van der Waals surface area contributed by atoms with Crippen molar-refractivity contribution in [2.75, 3.05) is 25.6 Å². The van der Waals surface area contributed by atoms with Gasteiger partial charge in [0.15, 0.2) is 0 Å². The summed E-state index contributed by atoms with van der Waals surface area (Å²) in [5, 5.41) is 14.8. The zero-order valence-electron chi connectivity index (χ0n) is 10.7. The van der Waals surface area contributed by atoms with Crippen LogP contribution in [0.1, 0.15) is 6.92 Å². The van der Waals surface area contributed by atoms with E-state index >= 15 is 0 Å². The molecule has 18 heavy (non-hydrogen) atoms. The molecule has 0 bridgehead atoms. The van der Waals surface area contributed by atoms with Gasteiger partial charge in [0.2, 0.25) is 0 Å². The highest BCUT2D eigenvalue weighted by Crippen LogP contribution is 2.25. The Hall–Kier alpha value is -1.81. The third kappa shape index (κ3) is 2.90. The fourth-order valence-corrected chi connectivity index (χ4v) is 1.91. The number of nitrogens with one attached hydrogen (secondary N) is 1. The molecule has 2 rings (SSSR count). The normalized spacial score (nSPS) is 12.6. The third-order valence-corrected chi connectivity index (χ3v) is 2.82. The number of anilines is 1. The predicted molar refractivity (Wildman–Crippen MR) is 72.9 cm³/mol. The molecule has 1 aromatic heterocycles. The number of phenols is 1. The van der Waals surface area contributed by atoms with Gasteiger partial charge in [-0.3, -0.25) is 0 Å². The van der Waals surface area contributed by atoms with Crippen molar-refractivity contribution >= 4 is 16.6 Å². The van der Waals surface area contributed by atoms with Crippen molar-refractivity contribution in [2.24, 2.45) is 5.92 Å². The number of aromatic hydroxyl groups is 1. The number of pyridine rings is 1. The first-order valence-corrected chi connectivity index (χ1v) is 6.01. The summed E-state index contributed by atoms with van der Waals surface area (Å²) in [6.07, 6.45) is 1.77. The van der Waals surface area contributed by atoms with Crippen molar-refractivity contribution in [1.82, 2.24) is 4.98 Å². The minimum atomic E-state index is 0.253. The number of phenolic OH excluding ortho intramolecular Hbond substituents is 1. The number of nitrogens with zero attached hydrogens (tertiary/aromatic N) is 1.